The number of hydrogen-bond donors (Lipinski definition) is 3. The Morgan fingerprint density at radius 3 is 1.33 bits per heavy atom. The van der Waals surface area contributed by atoms with Crippen LogP contribution >= 0.6 is 7.82 Å². The molecule has 0 aromatic heterocycles. The van der Waals surface area contributed by atoms with Crippen LogP contribution in [0.5, 0.6) is 0 Å². The minimum absolute atomic E-state index is 0.0495. The molecule has 0 fully saturated rings. The van der Waals surface area contributed by atoms with Crippen LogP contribution in [0.2, 0.25) is 0 Å². The summed E-state index contributed by atoms with van der Waals surface area (Å²) < 4.78 is 33.5. The van der Waals surface area contributed by atoms with Crippen molar-refractivity contribution in [3.05, 3.63) is 36.5 Å². The van der Waals surface area contributed by atoms with Crippen LogP contribution < -0.4 is 0 Å². The number of carbonyl (C=O) groups excluding carboxylic acids is 1. The van der Waals surface area contributed by atoms with Gasteiger partial charge in [-0.3, -0.25) is 13.8 Å². The number of rotatable bonds is 49. The minimum Gasteiger partial charge on any atom is -0.457 e. The quantitative estimate of drug-likeness (QED) is 0.0236. The molecule has 0 saturated heterocycles. The second-order valence-corrected chi connectivity index (χ2v) is 18.6. The summed E-state index contributed by atoms with van der Waals surface area (Å²) in [5.41, 5.74) is 0. The van der Waals surface area contributed by atoms with Gasteiger partial charge in [-0.15, -0.1) is 0 Å². The molecule has 0 radical (unpaired) electrons. The molecule has 9 nitrogen and oxygen atoms in total. The number of allylic oxidation sites excluding steroid dienone is 6. The number of unbranched alkanes of at least 4 members (excludes halogenated alkanes) is 29. The monoisotopic (exact) mass is 885 g/mol. The van der Waals surface area contributed by atoms with E-state index in [4.69, 9.17) is 23.6 Å². The molecule has 3 N–H and O–H groups in total. The molecule has 0 heterocycles. The standard InChI is InChI=1S/C51H97O9P/c1-3-5-7-9-11-13-15-17-19-21-22-23-24-25-26-27-29-31-33-35-37-39-41-43-51(54)60-50(48-59-61(55,56)58-46-49(53)45-52)47-57-44-42-40-38-36-34-32-30-28-20-18-16-14-12-10-8-6-4-2/h15,17,21-22,24-25,49-50,52-53H,3-14,16,18-20,23,26-48H2,1-2H3,(H,55,56)/b17-15-,22-21-,25-24-. The smallest absolute Gasteiger partial charge is 0.457 e. The van der Waals surface area contributed by atoms with Crippen molar-refractivity contribution < 1.29 is 43.0 Å². The molecule has 0 amide bonds. The second kappa shape index (κ2) is 48.1. The summed E-state index contributed by atoms with van der Waals surface area (Å²) in [6.07, 6.45) is 53.9. The van der Waals surface area contributed by atoms with E-state index in [1.807, 2.05) is 0 Å². The predicted octanol–water partition coefficient (Wildman–Crippen LogP) is 14.8. The number of carbonyl (C=O) groups is 1. The van der Waals surface area contributed by atoms with E-state index in [1.54, 1.807) is 0 Å². The highest BCUT2D eigenvalue weighted by atomic mass is 31.2. The van der Waals surface area contributed by atoms with Crippen LogP contribution in [0.15, 0.2) is 36.5 Å². The summed E-state index contributed by atoms with van der Waals surface area (Å²) in [6, 6.07) is 0. The van der Waals surface area contributed by atoms with Gasteiger partial charge in [0.1, 0.15) is 12.2 Å². The number of hydrogen-bond acceptors (Lipinski definition) is 8. The maximum atomic E-state index is 12.7. The molecule has 0 aliphatic carbocycles. The normalized spacial score (nSPS) is 14.1. The maximum Gasteiger partial charge on any atom is 0.472 e. The molecular weight excluding hydrogens is 788 g/mol. The Morgan fingerprint density at radius 1 is 0.508 bits per heavy atom. The van der Waals surface area contributed by atoms with E-state index in [0.717, 1.165) is 57.8 Å². The largest absolute Gasteiger partial charge is 0.472 e. The van der Waals surface area contributed by atoms with Gasteiger partial charge in [-0.1, -0.05) is 217 Å². The summed E-state index contributed by atoms with van der Waals surface area (Å²) in [7, 11) is -4.52. The zero-order valence-corrected chi connectivity index (χ0v) is 40.5. The summed E-state index contributed by atoms with van der Waals surface area (Å²) in [5, 5.41) is 18.4. The van der Waals surface area contributed by atoms with Crippen molar-refractivity contribution in [1.29, 1.82) is 0 Å². The van der Waals surface area contributed by atoms with Gasteiger partial charge in [-0.25, -0.2) is 4.57 Å². The SMILES string of the molecule is CCCCCCC/C=C\C/C=C\C/C=C\CCCCCCCCCCC(=O)OC(COCCCCCCCCCCCCCCCCCCC)COP(=O)(O)OCC(O)CO. The highest BCUT2D eigenvalue weighted by molar-refractivity contribution is 7.47. The van der Waals surface area contributed by atoms with Crippen molar-refractivity contribution in [3.8, 4) is 0 Å². The Morgan fingerprint density at radius 2 is 0.885 bits per heavy atom. The fourth-order valence-electron chi connectivity index (χ4n) is 7.19. The molecule has 3 unspecified atom stereocenters. The first kappa shape index (κ1) is 59.7. The number of aliphatic hydroxyl groups excluding tert-OH is 2. The first-order valence-corrected chi connectivity index (χ1v) is 27.0. The summed E-state index contributed by atoms with van der Waals surface area (Å²) in [4.78, 5) is 22.7. The lowest BCUT2D eigenvalue weighted by Gasteiger charge is -2.20. The molecule has 0 aliphatic heterocycles. The van der Waals surface area contributed by atoms with Crippen molar-refractivity contribution in [2.45, 2.75) is 251 Å². The van der Waals surface area contributed by atoms with Gasteiger partial charge in [0.2, 0.25) is 0 Å². The molecule has 61 heavy (non-hydrogen) atoms. The zero-order valence-electron chi connectivity index (χ0n) is 39.6. The Hall–Kier alpha value is -1.32. The number of phosphoric ester groups is 1. The summed E-state index contributed by atoms with van der Waals surface area (Å²) in [5.74, 6) is -0.386. The fourth-order valence-corrected chi connectivity index (χ4v) is 7.98. The van der Waals surface area contributed by atoms with Gasteiger partial charge in [0, 0.05) is 13.0 Å². The molecule has 0 aliphatic rings. The van der Waals surface area contributed by atoms with Crippen molar-refractivity contribution in [2.24, 2.45) is 0 Å². The molecule has 0 aromatic rings. The number of esters is 1. The van der Waals surface area contributed by atoms with Gasteiger partial charge in [-0.2, -0.15) is 0 Å². The van der Waals surface area contributed by atoms with Gasteiger partial charge in [0.15, 0.2) is 0 Å². The highest BCUT2D eigenvalue weighted by Crippen LogP contribution is 2.43. The van der Waals surface area contributed by atoms with Crippen molar-refractivity contribution in [1.82, 2.24) is 0 Å². The van der Waals surface area contributed by atoms with E-state index in [-0.39, 0.29) is 25.6 Å². The maximum absolute atomic E-state index is 12.7. The molecule has 360 valence electrons. The number of phosphoric acid groups is 1. The molecule has 0 saturated carbocycles. The molecule has 0 spiro atoms. The number of aliphatic hydroxyl groups is 2. The lowest BCUT2D eigenvalue weighted by atomic mass is 10.0. The van der Waals surface area contributed by atoms with E-state index >= 15 is 0 Å². The van der Waals surface area contributed by atoms with Crippen LogP contribution in [0.3, 0.4) is 0 Å². The van der Waals surface area contributed by atoms with Crippen molar-refractivity contribution >= 4 is 13.8 Å². The third-order valence-electron chi connectivity index (χ3n) is 11.1. The van der Waals surface area contributed by atoms with Gasteiger partial charge < -0.3 is 24.6 Å². The third kappa shape index (κ3) is 48.0. The lowest BCUT2D eigenvalue weighted by molar-refractivity contribution is -0.154. The summed E-state index contributed by atoms with van der Waals surface area (Å²) >= 11 is 0. The van der Waals surface area contributed by atoms with Crippen LogP contribution in [0.25, 0.3) is 0 Å². The van der Waals surface area contributed by atoms with Gasteiger partial charge in [-0.05, 0) is 51.4 Å². The third-order valence-corrected chi connectivity index (χ3v) is 12.0. The van der Waals surface area contributed by atoms with Crippen LogP contribution in [0.4, 0.5) is 0 Å². The van der Waals surface area contributed by atoms with Crippen LogP contribution in [-0.2, 0) is 27.9 Å². The molecular formula is C51H97O9P. The minimum atomic E-state index is -4.52. The van der Waals surface area contributed by atoms with Gasteiger partial charge in [0.25, 0.3) is 0 Å². The van der Waals surface area contributed by atoms with E-state index in [1.165, 1.54) is 161 Å². The van der Waals surface area contributed by atoms with Crippen LogP contribution in [0.1, 0.15) is 239 Å². The highest BCUT2D eigenvalue weighted by Gasteiger charge is 2.26. The Balaban J connectivity index is 4.08. The average Bonchev–Trinajstić information content (AvgIpc) is 3.25. The van der Waals surface area contributed by atoms with E-state index in [2.05, 4.69) is 50.3 Å². The van der Waals surface area contributed by atoms with Gasteiger partial charge >= 0.3 is 13.8 Å². The topological polar surface area (TPSA) is 132 Å². The van der Waals surface area contributed by atoms with E-state index < -0.39 is 33.2 Å². The first-order chi connectivity index (χ1) is 29.8. The van der Waals surface area contributed by atoms with Crippen molar-refractivity contribution in [2.75, 3.05) is 33.0 Å². The van der Waals surface area contributed by atoms with Crippen molar-refractivity contribution in [3.63, 3.8) is 0 Å². The first-order valence-electron chi connectivity index (χ1n) is 25.5. The Labute approximate surface area is 375 Å². The summed E-state index contributed by atoms with van der Waals surface area (Å²) in [6.45, 7) is 3.54. The zero-order chi connectivity index (χ0) is 44.6. The van der Waals surface area contributed by atoms with Crippen LogP contribution in [-0.4, -0.2) is 66.3 Å². The molecule has 10 heteroatoms. The fraction of sp³-hybridized carbons (Fsp3) is 0.863. The lowest BCUT2D eigenvalue weighted by Crippen LogP contribution is -2.29. The number of ether oxygens (including phenoxy) is 2. The second-order valence-electron chi connectivity index (χ2n) is 17.2. The molecule has 0 rings (SSSR count). The molecule has 3 atom stereocenters. The van der Waals surface area contributed by atoms with Gasteiger partial charge in [0.05, 0.1) is 26.4 Å². The van der Waals surface area contributed by atoms with Crippen LogP contribution in [0, 0.1) is 0 Å². The van der Waals surface area contributed by atoms with E-state index in [0.29, 0.717) is 6.61 Å². The average molecular weight is 885 g/mol. The Kier molecular flexibility index (Phi) is 47.1. The Bertz CT molecular complexity index is 1050. The molecule has 0 aromatic carbocycles. The van der Waals surface area contributed by atoms with E-state index in [9.17, 15) is 19.4 Å². The molecule has 0 bridgehead atoms. The predicted molar refractivity (Wildman–Crippen MR) is 256 cm³/mol.